The molecule has 1 fully saturated rings. The number of ether oxygens (including phenoxy) is 3. The van der Waals surface area contributed by atoms with Crippen LogP contribution in [0.15, 0.2) is 54.6 Å². The second-order valence-electron chi connectivity index (χ2n) is 8.71. The first-order valence-electron chi connectivity index (χ1n) is 12.4. The molecule has 1 amide bonds. The number of amides is 1. The lowest BCUT2D eigenvalue weighted by molar-refractivity contribution is -0.140. The molecule has 2 aromatic carbocycles. The number of aliphatic hydroxyl groups is 1. The molecule has 0 bridgehead atoms. The van der Waals surface area contributed by atoms with Crippen molar-refractivity contribution >= 4 is 17.4 Å². The third kappa shape index (κ3) is 5.80. The van der Waals surface area contributed by atoms with Crippen LogP contribution in [0.2, 0.25) is 0 Å². The Kier molecular flexibility index (Phi) is 9.36. The Bertz CT molecular complexity index is 1180. The summed E-state index contributed by atoms with van der Waals surface area (Å²) in [6.45, 7) is 12.5. The molecule has 198 valence electrons. The summed E-state index contributed by atoms with van der Waals surface area (Å²) >= 11 is 0. The largest absolute Gasteiger partial charge is 0.507 e. The summed E-state index contributed by atoms with van der Waals surface area (Å²) in [6, 6.07) is 9.61. The Morgan fingerprint density at radius 2 is 1.73 bits per heavy atom. The van der Waals surface area contributed by atoms with E-state index in [0.29, 0.717) is 48.1 Å². The number of likely N-dealkylation sites (N-methyl/N-ethyl adjacent to an activating group) is 1. The van der Waals surface area contributed by atoms with Gasteiger partial charge in [-0.2, -0.15) is 0 Å². The summed E-state index contributed by atoms with van der Waals surface area (Å²) in [4.78, 5) is 30.3. The third-order valence-corrected chi connectivity index (χ3v) is 6.62. The maximum Gasteiger partial charge on any atom is 0.295 e. The highest BCUT2D eigenvalue weighted by molar-refractivity contribution is 6.46. The molecule has 1 atom stereocenters. The second kappa shape index (κ2) is 12.5. The van der Waals surface area contributed by atoms with Gasteiger partial charge in [-0.05, 0) is 61.5 Å². The molecular weight excluding hydrogens is 472 g/mol. The molecule has 2 aromatic rings. The van der Waals surface area contributed by atoms with Gasteiger partial charge in [-0.15, -0.1) is 0 Å². The van der Waals surface area contributed by atoms with Crippen molar-refractivity contribution in [3.8, 4) is 17.2 Å². The summed E-state index contributed by atoms with van der Waals surface area (Å²) in [5.74, 6) is 0.0281. The number of ketones is 1. The van der Waals surface area contributed by atoms with Gasteiger partial charge in [-0.3, -0.25) is 9.59 Å². The average Bonchev–Trinajstić information content (AvgIpc) is 3.16. The van der Waals surface area contributed by atoms with E-state index in [9.17, 15) is 14.7 Å². The zero-order valence-corrected chi connectivity index (χ0v) is 22.2. The van der Waals surface area contributed by atoms with Gasteiger partial charge in [-0.25, -0.2) is 0 Å². The zero-order valence-electron chi connectivity index (χ0n) is 22.2. The highest BCUT2D eigenvalue weighted by atomic mass is 16.5. The molecule has 0 aliphatic carbocycles. The predicted molar refractivity (Wildman–Crippen MR) is 143 cm³/mol. The second-order valence-corrected chi connectivity index (χ2v) is 8.71. The summed E-state index contributed by atoms with van der Waals surface area (Å²) in [6.07, 6.45) is 1.63. The Balaban J connectivity index is 2.15. The summed E-state index contributed by atoms with van der Waals surface area (Å²) in [7, 11) is 3.09. The molecule has 0 spiro atoms. The quantitative estimate of drug-likeness (QED) is 0.197. The molecule has 1 aliphatic heterocycles. The number of likely N-dealkylation sites (tertiary alicyclic amines) is 1. The van der Waals surface area contributed by atoms with Crippen molar-refractivity contribution in [3.05, 3.63) is 71.3 Å². The van der Waals surface area contributed by atoms with Gasteiger partial charge in [-0.1, -0.05) is 32.6 Å². The van der Waals surface area contributed by atoms with E-state index in [-0.39, 0.29) is 11.3 Å². The van der Waals surface area contributed by atoms with Crippen LogP contribution < -0.4 is 14.2 Å². The number of hydrogen-bond acceptors (Lipinski definition) is 7. The van der Waals surface area contributed by atoms with Crippen molar-refractivity contribution in [2.24, 2.45) is 0 Å². The Hall–Kier alpha value is -3.78. The van der Waals surface area contributed by atoms with E-state index in [2.05, 4.69) is 11.5 Å². The molecule has 1 unspecified atom stereocenters. The number of aryl methyl sites for hydroxylation is 1. The minimum absolute atomic E-state index is 0.0379. The first-order chi connectivity index (χ1) is 17.8. The maximum absolute atomic E-state index is 13.4. The SMILES string of the molecule is C=CCOc1ccc(C2C(=C(O)c3ccc(OC)c(C)c3)C(=O)C(=O)N2CCN(CC)CC)cc1OC. The predicted octanol–water partition coefficient (Wildman–Crippen LogP) is 4.34. The molecule has 1 heterocycles. The van der Waals surface area contributed by atoms with Crippen molar-refractivity contribution in [3.63, 3.8) is 0 Å². The van der Waals surface area contributed by atoms with Crippen LogP contribution >= 0.6 is 0 Å². The average molecular weight is 509 g/mol. The van der Waals surface area contributed by atoms with Gasteiger partial charge >= 0.3 is 0 Å². The number of aliphatic hydroxyl groups excluding tert-OH is 1. The summed E-state index contributed by atoms with van der Waals surface area (Å²) in [5.41, 5.74) is 1.90. The number of methoxy groups -OCH3 is 2. The molecule has 3 rings (SSSR count). The number of Topliss-reactive ketones (excluding diaryl/α,β-unsaturated/α-hetero) is 1. The van der Waals surface area contributed by atoms with E-state index in [0.717, 1.165) is 18.7 Å². The van der Waals surface area contributed by atoms with Gasteiger partial charge in [0.25, 0.3) is 11.7 Å². The summed E-state index contributed by atoms with van der Waals surface area (Å²) in [5, 5.41) is 11.4. The van der Waals surface area contributed by atoms with E-state index >= 15 is 0 Å². The first kappa shape index (κ1) is 27.8. The van der Waals surface area contributed by atoms with Crippen molar-refractivity contribution < 1.29 is 28.9 Å². The lowest BCUT2D eigenvalue weighted by Gasteiger charge is -2.28. The minimum atomic E-state index is -0.791. The van der Waals surface area contributed by atoms with Gasteiger partial charge in [0.05, 0.1) is 25.8 Å². The minimum Gasteiger partial charge on any atom is -0.507 e. The molecule has 1 aliphatic rings. The fourth-order valence-electron chi connectivity index (χ4n) is 4.55. The van der Waals surface area contributed by atoms with Crippen LogP contribution in [0.4, 0.5) is 0 Å². The van der Waals surface area contributed by atoms with Gasteiger partial charge in [0, 0.05) is 18.7 Å². The lowest BCUT2D eigenvalue weighted by atomic mass is 9.94. The number of benzene rings is 2. The van der Waals surface area contributed by atoms with E-state index in [4.69, 9.17) is 14.2 Å². The third-order valence-electron chi connectivity index (χ3n) is 6.62. The Morgan fingerprint density at radius 3 is 2.32 bits per heavy atom. The number of hydrogen-bond donors (Lipinski definition) is 1. The highest BCUT2D eigenvalue weighted by Crippen LogP contribution is 2.42. The highest BCUT2D eigenvalue weighted by Gasteiger charge is 2.46. The lowest BCUT2D eigenvalue weighted by Crippen LogP contribution is -2.38. The monoisotopic (exact) mass is 508 g/mol. The molecule has 8 nitrogen and oxygen atoms in total. The number of carbonyl (C=O) groups excluding carboxylic acids is 2. The van der Waals surface area contributed by atoms with Crippen LogP contribution in [-0.4, -0.2) is 73.6 Å². The molecule has 37 heavy (non-hydrogen) atoms. The molecule has 0 aromatic heterocycles. The van der Waals surface area contributed by atoms with Crippen LogP contribution in [-0.2, 0) is 9.59 Å². The topological polar surface area (TPSA) is 88.5 Å². The number of carbonyl (C=O) groups is 2. The smallest absolute Gasteiger partial charge is 0.295 e. The van der Waals surface area contributed by atoms with Crippen molar-refractivity contribution in [2.75, 3.05) is 47.0 Å². The van der Waals surface area contributed by atoms with E-state index in [1.165, 1.54) is 12.0 Å². The van der Waals surface area contributed by atoms with Crippen LogP contribution in [0.5, 0.6) is 17.2 Å². The molecule has 0 radical (unpaired) electrons. The van der Waals surface area contributed by atoms with Crippen molar-refractivity contribution in [1.82, 2.24) is 9.80 Å². The number of nitrogens with zero attached hydrogens (tertiary/aromatic N) is 2. The maximum atomic E-state index is 13.4. The van der Waals surface area contributed by atoms with E-state index < -0.39 is 17.7 Å². The van der Waals surface area contributed by atoms with Crippen LogP contribution in [0.25, 0.3) is 5.76 Å². The Labute approximate surface area is 218 Å². The van der Waals surface area contributed by atoms with Crippen molar-refractivity contribution in [1.29, 1.82) is 0 Å². The van der Waals surface area contributed by atoms with Gasteiger partial charge in [0.1, 0.15) is 18.1 Å². The number of rotatable bonds is 12. The van der Waals surface area contributed by atoms with Crippen LogP contribution in [0.3, 0.4) is 0 Å². The van der Waals surface area contributed by atoms with Gasteiger partial charge in [0.15, 0.2) is 11.5 Å². The van der Waals surface area contributed by atoms with E-state index in [1.807, 2.05) is 20.8 Å². The van der Waals surface area contributed by atoms with Crippen molar-refractivity contribution in [2.45, 2.75) is 26.8 Å². The van der Waals surface area contributed by atoms with Gasteiger partial charge < -0.3 is 29.1 Å². The first-order valence-corrected chi connectivity index (χ1v) is 12.4. The molecule has 1 N–H and O–H groups in total. The standard InChI is InChI=1S/C29H36N2O6/c1-7-16-37-23-13-10-20(18-24(23)36-6)26-25(27(32)21-11-12-22(35-5)19(4)17-21)28(33)29(34)31(26)15-14-30(8-2)9-3/h7,10-13,17-18,26,32H,1,8-9,14-16H2,2-6H3. The van der Waals surface area contributed by atoms with Gasteiger partial charge in [0.2, 0.25) is 0 Å². The molecule has 0 saturated carbocycles. The fourth-order valence-corrected chi connectivity index (χ4v) is 4.55. The molecular formula is C29H36N2O6. The fraction of sp³-hybridized carbons (Fsp3) is 0.379. The normalized spacial score (nSPS) is 16.8. The van der Waals surface area contributed by atoms with Crippen LogP contribution in [0, 0.1) is 6.92 Å². The van der Waals surface area contributed by atoms with E-state index in [1.54, 1.807) is 49.6 Å². The Morgan fingerprint density at radius 1 is 1.05 bits per heavy atom. The zero-order chi connectivity index (χ0) is 27.1. The molecule has 1 saturated heterocycles. The summed E-state index contributed by atoms with van der Waals surface area (Å²) < 4.78 is 16.5. The van der Waals surface area contributed by atoms with Crippen LogP contribution in [0.1, 0.15) is 36.6 Å². The molecule has 8 heteroatoms.